The molecule has 94 valence electrons. The minimum atomic E-state index is -0.163. The second-order valence-electron chi connectivity index (χ2n) is 4.04. The number of hydrogen-bond acceptors (Lipinski definition) is 5. The van der Waals surface area contributed by atoms with Crippen LogP contribution in [0, 0.1) is 0 Å². The topological polar surface area (TPSA) is 58.1 Å². The zero-order valence-corrected chi connectivity index (χ0v) is 11.2. The maximum Gasteiger partial charge on any atom is 0.282 e. The summed E-state index contributed by atoms with van der Waals surface area (Å²) in [5, 5.41) is 10.7. The van der Waals surface area contributed by atoms with Crippen molar-refractivity contribution in [2.75, 3.05) is 19.6 Å². The fourth-order valence-electron chi connectivity index (χ4n) is 1.94. The zero-order chi connectivity index (χ0) is 12.3. The summed E-state index contributed by atoms with van der Waals surface area (Å²) in [6, 6.07) is 0.243. The monoisotopic (exact) mass is 274 g/mol. The van der Waals surface area contributed by atoms with Crippen molar-refractivity contribution in [2.24, 2.45) is 0 Å². The predicted molar refractivity (Wildman–Crippen MR) is 67.5 cm³/mol. The van der Waals surface area contributed by atoms with Crippen molar-refractivity contribution in [1.82, 2.24) is 20.4 Å². The first-order chi connectivity index (χ1) is 8.19. The molecule has 1 N–H and O–H groups in total. The first kappa shape index (κ1) is 12.7. The molecule has 7 heteroatoms. The summed E-state index contributed by atoms with van der Waals surface area (Å²) < 4.78 is 0.302. The van der Waals surface area contributed by atoms with E-state index in [0.29, 0.717) is 9.47 Å². The fourth-order valence-corrected chi connectivity index (χ4v) is 2.67. The van der Waals surface area contributed by atoms with Crippen LogP contribution in [-0.4, -0.2) is 46.7 Å². The molecule has 1 amide bonds. The highest BCUT2D eigenvalue weighted by atomic mass is 35.5. The Labute approximate surface area is 109 Å². The summed E-state index contributed by atoms with van der Waals surface area (Å²) in [5.74, 6) is -0.163. The molecule has 2 rings (SSSR count). The standard InChI is InChI=1S/C10H15ClN4OS/c1-2-15-5-3-7(4-6-15)12-8(16)9-13-14-10(11)17-9/h7H,2-6H2,1H3,(H,12,16). The summed E-state index contributed by atoms with van der Waals surface area (Å²) in [4.78, 5) is 14.2. The van der Waals surface area contributed by atoms with Crippen LogP contribution < -0.4 is 5.32 Å². The number of aromatic nitrogens is 2. The van der Waals surface area contributed by atoms with E-state index in [0.717, 1.165) is 43.8 Å². The maximum absolute atomic E-state index is 11.8. The van der Waals surface area contributed by atoms with Gasteiger partial charge in [-0.05, 0) is 31.0 Å². The van der Waals surface area contributed by atoms with Gasteiger partial charge in [0.1, 0.15) is 0 Å². The van der Waals surface area contributed by atoms with Crippen molar-refractivity contribution in [3.8, 4) is 0 Å². The van der Waals surface area contributed by atoms with E-state index < -0.39 is 0 Å². The minimum Gasteiger partial charge on any atom is -0.347 e. The Hall–Kier alpha value is -0.720. The Morgan fingerprint density at radius 1 is 1.53 bits per heavy atom. The molecule has 0 bridgehead atoms. The van der Waals surface area contributed by atoms with Crippen molar-refractivity contribution in [2.45, 2.75) is 25.8 Å². The van der Waals surface area contributed by atoms with Crippen LogP contribution in [0.1, 0.15) is 29.6 Å². The van der Waals surface area contributed by atoms with Gasteiger partial charge < -0.3 is 10.2 Å². The molecule has 2 heterocycles. The van der Waals surface area contributed by atoms with Crippen LogP contribution in [0.4, 0.5) is 0 Å². The Kier molecular flexibility index (Phi) is 4.31. The van der Waals surface area contributed by atoms with Gasteiger partial charge in [0.2, 0.25) is 9.47 Å². The first-order valence-electron chi connectivity index (χ1n) is 5.71. The van der Waals surface area contributed by atoms with Gasteiger partial charge in [-0.25, -0.2) is 0 Å². The Bertz CT molecular complexity index is 389. The average Bonchev–Trinajstić information content (AvgIpc) is 2.77. The maximum atomic E-state index is 11.8. The summed E-state index contributed by atoms with van der Waals surface area (Å²) in [6.45, 7) is 5.31. The number of hydrogen-bond donors (Lipinski definition) is 1. The number of piperidine rings is 1. The third-order valence-corrected chi connectivity index (χ3v) is 3.98. The van der Waals surface area contributed by atoms with Crippen molar-refractivity contribution in [1.29, 1.82) is 0 Å². The van der Waals surface area contributed by atoms with Gasteiger partial charge in [-0.15, -0.1) is 10.2 Å². The predicted octanol–water partition coefficient (Wildman–Crippen LogP) is 1.41. The van der Waals surface area contributed by atoms with Crippen LogP contribution in [0.25, 0.3) is 0 Å². The summed E-state index contributed by atoms with van der Waals surface area (Å²) in [7, 11) is 0. The molecule has 0 saturated carbocycles. The Morgan fingerprint density at radius 2 is 2.24 bits per heavy atom. The van der Waals surface area contributed by atoms with E-state index in [4.69, 9.17) is 11.6 Å². The molecule has 1 aromatic heterocycles. The van der Waals surface area contributed by atoms with E-state index >= 15 is 0 Å². The minimum absolute atomic E-state index is 0.163. The number of nitrogens with one attached hydrogen (secondary N) is 1. The van der Waals surface area contributed by atoms with Crippen LogP contribution in [0.15, 0.2) is 0 Å². The molecule has 0 radical (unpaired) electrons. The zero-order valence-electron chi connectivity index (χ0n) is 9.65. The quantitative estimate of drug-likeness (QED) is 0.905. The van der Waals surface area contributed by atoms with Crippen molar-refractivity contribution in [3.05, 3.63) is 9.47 Å². The number of amides is 1. The van der Waals surface area contributed by atoms with Gasteiger partial charge in [0, 0.05) is 19.1 Å². The molecular weight excluding hydrogens is 260 g/mol. The molecular formula is C10H15ClN4OS. The Morgan fingerprint density at radius 3 is 2.76 bits per heavy atom. The van der Waals surface area contributed by atoms with E-state index in [1.54, 1.807) is 0 Å². The number of rotatable bonds is 3. The van der Waals surface area contributed by atoms with E-state index in [1.807, 2.05) is 0 Å². The molecule has 0 atom stereocenters. The first-order valence-corrected chi connectivity index (χ1v) is 6.90. The highest BCUT2D eigenvalue weighted by Crippen LogP contribution is 2.16. The lowest BCUT2D eigenvalue weighted by atomic mass is 10.1. The van der Waals surface area contributed by atoms with Gasteiger partial charge >= 0.3 is 0 Å². The van der Waals surface area contributed by atoms with Crippen LogP contribution >= 0.6 is 22.9 Å². The van der Waals surface area contributed by atoms with Gasteiger partial charge in [-0.1, -0.05) is 18.3 Å². The normalized spacial score (nSPS) is 18.2. The molecule has 0 spiro atoms. The molecule has 0 unspecified atom stereocenters. The third-order valence-electron chi connectivity index (χ3n) is 2.96. The van der Waals surface area contributed by atoms with Crippen LogP contribution in [0.5, 0.6) is 0 Å². The average molecular weight is 275 g/mol. The largest absolute Gasteiger partial charge is 0.347 e. The molecule has 5 nitrogen and oxygen atoms in total. The highest BCUT2D eigenvalue weighted by Gasteiger charge is 2.21. The third kappa shape index (κ3) is 3.37. The summed E-state index contributed by atoms with van der Waals surface area (Å²) >= 11 is 6.75. The van der Waals surface area contributed by atoms with Gasteiger partial charge in [-0.3, -0.25) is 4.79 Å². The molecule has 1 aliphatic rings. The van der Waals surface area contributed by atoms with Gasteiger partial charge in [-0.2, -0.15) is 0 Å². The Balaban J connectivity index is 1.84. The number of carbonyl (C=O) groups is 1. The van der Waals surface area contributed by atoms with Crippen LogP contribution in [0.2, 0.25) is 4.47 Å². The number of likely N-dealkylation sites (tertiary alicyclic amines) is 1. The highest BCUT2D eigenvalue weighted by molar-refractivity contribution is 7.17. The summed E-state index contributed by atoms with van der Waals surface area (Å²) in [5.41, 5.74) is 0. The molecule has 0 aliphatic carbocycles. The van der Waals surface area contributed by atoms with E-state index in [-0.39, 0.29) is 11.9 Å². The van der Waals surface area contributed by atoms with Gasteiger partial charge in [0.05, 0.1) is 0 Å². The SMILES string of the molecule is CCN1CCC(NC(=O)c2nnc(Cl)s2)CC1. The van der Waals surface area contributed by atoms with Crippen molar-refractivity contribution in [3.63, 3.8) is 0 Å². The lowest BCUT2D eigenvalue weighted by molar-refractivity contribution is 0.0911. The van der Waals surface area contributed by atoms with E-state index in [2.05, 4.69) is 27.3 Å². The van der Waals surface area contributed by atoms with Crippen molar-refractivity contribution >= 4 is 28.8 Å². The van der Waals surface area contributed by atoms with Crippen LogP contribution in [-0.2, 0) is 0 Å². The number of halogens is 1. The van der Waals surface area contributed by atoms with E-state index in [1.165, 1.54) is 0 Å². The number of nitrogens with zero attached hydrogens (tertiary/aromatic N) is 3. The molecule has 1 aromatic rings. The second-order valence-corrected chi connectivity index (χ2v) is 5.60. The van der Waals surface area contributed by atoms with Gasteiger partial charge in [0.25, 0.3) is 5.91 Å². The smallest absolute Gasteiger partial charge is 0.282 e. The lowest BCUT2D eigenvalue weighted by Crippen LogP contribution is -2.44. The summed E-state index contributed by atoms with van der Waals surface area (Å²) in [6.07, 6.45) is 1.98. The number of carbonyl (C=O) groups excluding carboxylic acids is 1. The lowest BCUT2D eigenvalue weighted by Gasteiger charge is -2.31. The van der Waals surface area contributed by atoms with Crippen molar-refractivity contribution < 1.29 is 4.79 Å². The van der Waals surface area contributed by atoms with Gasteiger partial charge in [0.15, 0.2) is 0 Å². The molecule has 1 saturated heterocycles. The molecule has 17 heavy (non-hydrogen) atoms. The van der Waals surface area contributed by atoms with Crippen LogP contribution in [0.3, 0.4) is 0 Å². The second kappa shape index (κ2) is 5.75. The molecule has 1 aliphatic heterocycles. The van der Waals surface area contributed by atoms with E-state index in [9.17, 15) is 4.79 Å². The molecule has 1 fully saturated rings. The fraction of sp³-hybridized carbons (Fsp3) is 0.700. The molecule has 0 aromatic carbocycles.